The fraction of sp³-hybridized carbons (Fsp3) is 0.533. The first-order valence-electron chi connectivity index (χ1n) is 7.19. The summed E-state index contributed by atoms with van der Waals surface area (Å²) in [7, 11) is 0. The van der Waals surface area contributed by atoms with Crippen LogP contribution in [0, 0.1) is 0 Å². The van der Waals surface area contributed by atoms with Crippen LogP contribution in [-0.4, -0.2) is 57.4 Å². The van der Waals surface area contributed by atoms with Crippen LogP contribution in [0.4, 0.5) is 0 Å². The Morgan fingerprint density at radius 3 is 2.76 bits per heavy atom. The summed E-state index contributed by atoms with van der Waals surface area (Å²) in [6, 6.07) is 3.72. The molecule has 0 aliphatic carbocycles. The molecule has 1 atom stereocenters. The van der Waals surface area contributed by atoms with E-state index >= 15 is 0 Å². The zero-order valence-electron chi connectivity index (χ0n) is 12.5. The van der Waals surface area contributed by atoms with Crippen molar-refractivity contribution in [2.45, 2.75) is 32.9 Å². The second kappa shape index (κ2) is 6.67. The van der Waals surface area contributed by atoms with Crippen LogP contribution in [0.1, 0.15) is 25.1 Å². The van der Waals surface area contributed by atoms with Crippen molar-refractivity contribution in [2.24, 2.45) is 0 Å². The zero-order valence-corrected chi connectivity index (χ0v) is 12.5. The van der Waals surface area contributed by atoms with Gasteiger partial charge in [-0.3, -0.25) is 19.5 Å². The summed E-state index contributed by atoms with van der Waals surface area (Å²) in [6.07, 6.45) is 2.82. The van der Waals surface area contributed by atoms with Gasteiger partial charge in [-0.15, -0.1) is 0 Å². The molecule has 1 N–H and O–H groups in total. The first-order valence-corrected chi connectivity index (χ1v) is 7.19. The van der Waals surface area contributed by atoms with Gasteiger partial charge < -0.3 is 10.0 Å². The van der Waals surface area contributed by atoms with Gasteiger partial charge in [0.1, 0.15) is 6.54 Å². The second-order valence-corrected chi connectivity index (χ2v) is 5.31. The highest BCUT2D eigenvalue weighted by atomic mass is 16.4. The number of carbonyl (C=O) groups is 2. The SMILES string of the molecule is CCc1ccc(CN2CCN(CC(=O)O)C(=O)[C@@H]2C)nc1. The van der Waals surface area contributed by atoms with Crippen LogP contribution in [0.3, 0.4) is 0 Å². The Kier molecular flexibility index (Phi) is 4.90. The normalized spacial score (nSPS) is 19.8. The number of carboxylic acid groups (broad SMARTS) is 1. The van der Waals surface area contributed by atoms with E-state index in [1.807, 2.05) is 24.1 Å². The molecule has 0 unspecified atom stereocenters. The lowest BCUT2D eigenvalue weighted by atomic mass is 10.1. The highest BCUT2D eigenvalue weighted by molar-refractivity contribution is 5.85. The van der Waals surface area contributed by atoms with Crippen molar-refractivity contribution in [3.05, 3.63) is 29.6 Å². The first kappa shape index (κ1) is 15.4. The molecular weight excluding hydrogens is 270 g/mol. The van der Waals surface area contributed by atoms with E-state index in [9.17, 15) is 9.59 Å². The molecule has 0 radical (unpaired) electrons. The first-order chi connectivity index (χ1) is 10.0. The van der Waals surface area contributed by atoms with Crippen LogP contribution in [0.25, 0.3) is 0 Å². The van der Waals surface area contributed by atoms with E-state index in [1.165, 1.54) is 10.5 Å². The monoisotopic (exact) mass is 291 g/mol. The molecule has 6 nitrogen and oxygen atoms in total. The number of amides is 1. The van der Waals surface area contributed by atoms with Gasteiger partial charge >= 0.3 is 5.97 Å². The van der Waals surface area contributed by atoms with Crippen LogP contribution < -0.4 is 0 Å². The molecule has 1 aliphatic heterocycles. The van der Waals surface area contributed by atoms with Gasteiger partial charge in [-0.2, -0.15) is 0 Å². The van der Waals surface area contributed by atoms with E-state index in [0.717, 1.165) is 12.1 Å². The Balaban J connectivity index is 1.98. The van der Waals surface area contributed by atoms with Crippen LogP contribution in [0.2, 0.25) is 0 Å². The molecule has 0 aromatic carbocycles. The Morgan fingerprint density at radius 1 is 1.43 bits per heavy atom. The van der Waals surface area contributed by atoms with Gasteiger partial charge in [0.2, 0.25) is 5.91 Å². The number of nitrogens with zero attached hydrogens (tertiary/aromatic N) is 3. The third-order valence-electron chi connectivity index (χ3n) is 3.86. The number of carboxylic acids is 1. The summed E-state index contributed by atoms with van der Waals surface area (Å²) in [4.78, 5) is 30.7. The predicted molar refractivity (Wildman–Crippen MR) is 77.7 cm³/mol. The number of hydrogen-bond acceptors (Lipinski definition) is 4. The molecule has 114 valence electrons. The summed E-state index contributed by atoms with van der Waals surface area (Å²) >= 11 is 0. The molecule has 1 aliphatic rings. The van der Waals surface area contributed by atoms with Crippen molar-refractivity contribution < 1.29 is 14.7 Å². The highest BCUT2D eigenvalue weighted by Crippen LogP contribution is 2.14. The van der Waals surface area contributed by atoms with Crippen molar-refractivity contribution in [1.82, 2.24) is 14.8 Å². The van der Waals surface area contributed by atoms with Gasteiger partial charge in [0, 0.05) is 25.8 Å². The fourth-order valence-electron chi connectivity index (χ4n) is 2.48. The van der Waals surface area contributed by atoms with Gasteiger partial charge in [0.15, 0.2) is 0 Å². The lowest BCUT2D eigenvalue weighted by Gasteiger charge is -2.38. The number of carbonyl (C=O) groups excluding carboxylic acids is 1. The average Bonchev–Trinajstić information content (AvgIpc) is 2.47. The molecule has 1 fully saturated rings. The molecule has 0 bridgehead atoms. The number of piperazine rings is 1. The average molecular weight is 291 g/mol. The van der Waals surface area contributed by atoms with E-state index in [0.29, 0.717) is 19.6 Å². The third-order valence-corrected chi connectivity index (χ3v) is 3.86. The summed E-state index contributed by atoms with van der Waals surface area (Å²) in [5.41, 5.74) is 2.12. The van der Waals surface area contributed by atoms with Gasteiger partial charge in [-0.25, -0.2) is 0 Å². The van der Waals surface area contributed by atoms with Crippen LogP contribution in [-0.2, 0) is 22.6 Å². The maximum Gasteiger partial charge on any atom is 0.323 e. The molecule has 1 saturated heterocycles. The van der Waals surface area contributed by atoms with E-state index in [4.69, 9.17) is 5.11 Å². The van der Waals surface area contributed by atoms with Crippen molar-refractivity contribution >= 4 is 11.9 Å². The highest BCUT2D eigenvalue weighted by Gasteiger charge is 2.32. The number of hydrogen-bond donors (Lipinski definition) is 1. The minimum atomic E-state index is -0.971. The summed E-state index contributed by atoms with van der Waals surface area (Å²) in [5, 5.41) is 8.80. The molecule has 2 rings (SSSR count). The van der Waals surface area contributed by atoms with Gasteiger partial charge in [-0.1, -0.05) is 13.0 Å². The van der Waals surface area contributed by atoms with E-state index < -0.39 is 5.97 Å². The summed E-state index contributed by atoms with van der Waals surface area (Å²) in [6.45, 7) is 5.40. The Morgan fingerprint density at radius 2 is 2.19 bits per heavy atom. The quantitative estimate of drug-likeness (QED) is 0.867. The molecule has 0 spiro atoms. The van der Waals surface area contributed by atoms with E-state index in [1.54, 1.807) is 0 Å². The van der Waals surface area contributed by atoms with Gasteiger partial charge in [0.05, 0.1) is 11.7 Å². The standard InChI is InChI=1S/C15H21N3O3/c1-3-12-4-5-13(16-8-12)9-17-6-7-18(10-14(19)20)15(21)11(17)2/h4-5,8,11H,3,6-7,9-10H2,1-2H3,(H,19,20)/t11-/m0/s1. The van der Waals surface area contributed by atoms with Crippen LogP contribution in [0.15, 0.2) is 18.3 Å². The third kappa shape index (κ3) is 3.78. The van der Waals surface area contributed by atoms with Crippen molar-refractivity contribution in [1.29, 1.82) is 0 Å². The lowest BCUT2D eigenvalue weighted by molar-refractivity contribution is -0.150. The summed E-state index contributed by atoms with van der Waals surface area (Å²) in [5.74, 6) is -1.10. The van der Waals surface area contributed by atoms with Crippen molar-refractivity contribution in [3.63, 3.8) is 0 Å². The molecule has 1 aromatic rings. The van der Waals surface area contributed by atoms with Crippen molar-refractivity contribution in [2.75, 3.05) is 19.6 Å². The predicted octanol–water partition coefficient (Wildman–Crippen LogP) is 0.761. The van der Waals surface area contributed by atoms with Crippen LogP contribution >= 0.6 is 0 Å². The fourth-order valence-corrected chi connectivity index (χ4v) is 2.48. The molecule has 2 heterocycles. The second-order valence-electron chi connectivity index (χ2n) is 5.31. The van der Waals surface area contributed by atoms with E-state index in [2.05, 4.69) is 18.0 Å². The molecule has 1 aromatic heterocycles. The zero-order chi connectivity index (χ0) is 15.4. The number of rotatable bonds is 5. The van der Waals surface area contributed by atoms with Gasteiger partial charge in [0.25, 0.3) is 0 Å². The minimum absolute atomic E-state index is 0.131. The Labute approximate surface area is 124 Å². The van der Waals surface area contributed by atoms with Gasteiger partial charge in [-0.05, 0) is 25.0 Å². The lowest BCUT2D eigenvalue weighted by Crippen LogP contribution is -2.56. The number of pyridine rings is 1. The smallest absolute Gasteiger partial charge is 0.323 e. The molecule has 0 saturated carbocycles. The largest absolute Gasteiger partial charge is 0.480 e. The Hall–Kier alpha value is -1.95. The number of aryl methyl sites for hydroxylation is 1. The summed E-state index contributed by atoms with van der Waals surface area (Å²) < 4.78 is 0. The Bertz CT molecular complexity index is 515. The molecule has 6 heteroatoms. The molecule has 1 amide bonds. The maximum atomic E-state index is 12.2. The minimum Gasteiger partial charge on any atom is -0.480 e. The van der Waals surface area contributed by atoms with Crippen LogP contribution in [0.5, 0.6) is 0 Å². The number of aromatic nitrogens is 1. The molecule has 21 heavy (non-hydrogen) atoms. The van der Waals surface area contributed by atoms with Crippen molar-refractivity contribution in [3.8, 4) is 0 Å². The molecular formula is C15H21N3O3. The maximum absolute atomic E-state index is 12.2. The van der Waals surface area contributed by atoms with E-state index in [-0.39, 0.29) is 18.5 Å². The number of aliphatic carboxylic acids is 1. The topological polar surface area (TPSA) is 73.7 Å².